The van der Waals surface area contributed by atoms with E-state index in [0.717, 1.165) is 10.6 Å². The first-order valence-corrected chi connectivity index (χ1v) is 8.57. The predicted molar refractivity (Wildman–Crippen MR) is 95.1 cm³/mol. The fourth-order valence-corrected chi connectivity index (χ4v) is 3.57. The number of fused-ring (bicyclic) bond motifs is 2. The Labute approximate surface area is 155 Å². The highest BCUT2D eigenvalue weighted by atomic mass is 16.5. The minimum atomic E-state index is -1.19. The molecule has 1 aromatic carbocycles. The first-order chi connectivity index (χ1) is 12.9. The number of amides is 4. The Morgan fingerprint density at radius 2 is 2.15 bits per heavy atom. The molecule has 1 unspecified atom stereocenters. The minimum absolute atomic E-state index is 0.303. The third-order valence-corrected chi connectivity index (χ3v) is 4.83. The maximum atomic E-state index is 13.1. The lowest BCUT2D eigenvalue weighted by molar-refractivity contribution is -0.135. The lowest BCUT2D eigenvalue weighted by Crippen LogP contribution is -2.48. The lowest BCUT2D eigenvalue weighted by Gasteiger charge is -2.33. The quantitative estimate of drug-likeness (QED) is 0.782. The van der Waals surface area contributed by atoms with Crippen LogP contribution in [-0.4, -0.2) is 45.7 Å². The van der Waals surface area contributed by atoms with Crippen molar-refractivity contribution in [3.05, 3.63) is 41.6 Å². The zero-order valence-electron chi connectivity index (χ0n) is 15.0. The Kier molecular flexibility index (Phi) is 3.87. The number of carbonyl (C=O) groups is 3. The van der Waals surface area contributed by atoms with E-state index in [9.17, 15) is 14.4 Å². The van der Waals surface area contributed by atoms with Gasteiger partial charge >= 0.3 is 6.03 Å². The summed E-state index contributed by atoms with van der Waals surface area (Å²) in [5.41, 5.74) is 0.176. The van der Waals surface area contributed by atoms with Crippen molar-refractivity contribution in [2.45, 2.75) is 18.9 Å². The van der Waals surface area contributed by atoms with Crippen molar-refractivity contribution in [3.8, 4) is 5.75 Å². The van der Waals surface area contributed by atoms with Crippen molar-refractivity contribution in [2.75, 3.05) is 18.5 Å². The van der Waals surface area contributed by atoms with Gasteiger partial charge in [-0.3, -0.25) is 19.2 Å². The Morgan fingerprint density at radius 3 is 2.89 bits per heavy atom. The van der Waals surface area contributed by atoms with Crippen LogP contribution in [0.4, 0.5) is 10.6 Å². The Bertz CT molecular complexity index is 953. The summed E-state index contributed by atoms with van der Waals surface area (Å²) in [6.45, 7) is 1.73. The molecule has 1 fully saturated rings. The Morgan fingerprint density at radius 1 is 1.37 bits per heavy atom. The normalized spacial score (nSPS) is 21.0. The van der Waals surface area contributed by atoms with Gasteiger partial charge in [0, 0.05) is 25.1 Å². The molecule has 1 spiro atoms. The second-order valence-electron chi connectivity index (χ2n) is 6.66. The highest BCUT2D eigenvalue weighted by Gasteiger charge is 2.55. The fraction of sp³-hybridized carbons (Fsp3) is 0.333. The summed E-state index contributed by atoms with van der Waals surface area (Å²) in [4.78, 5) is 38.9. The van der Waals surface area contributed by atoms with Gasteiger partial charge in [0.05, 0.1) is 12.3 Å². The third kappa shape index (κ3) is 2.71. The number of para-hydroxylation sites is 1. The summed E-state index contributed by atoms with van der Waals surface area (Å²) in [5, 5.41) is 9.59. The summed E-state index contributed by atoms with van der Waals surface area (Å²) < 4.78 is 7.12. The fourth-order valence-electron chi connectivity index (χ4n) is 3.57. The number of ether oxygens (including phenoxy) is 1. The van der Waals surface area contributed by atoms with E-state index in [2.05, 4.69) is 15.7 Å². The van der Waals surface area contributed by atoms with E-state index in [1.807, 2.05) is 0 Å². The van der Waals surface area contributed by atoms with Gasteiger partial charge in [-0.15, -0.1) is 0 Å². The van der Waals surface area contributed by atoms with Crippen molar-refractivity contribution in [1.82, 2.24) is 20.0 Å². The monoisotopic (exact) mass is 369 g/mol. The van der Waals surface area contributed by atoms with E-state index in [1.165, 1.54) is 4.68 Å². The van der Waals surface area contributed by atoms with Gasteiger partial charge in [0.2, 0.25) is 5.91 Å². The molecule has 9 nitrogen and oxygen atoms in total. The van der Waals surface area contributed by atoms with Gasteiger partial charge in [-0.05, 0) is 13.0 Å². The highest BCUT2D eigenvalue weighted by Crippen LogP contribution is 2.40. The van der Waals surface area contributed by atoms with Crippen LogP contribution in [0, 0.1) is 6.92 Å². The lowest BCUT2D eigenvalue weighted by atomic mass is 9.84. The van der Waals surface area contributed by atoms with Crippen LogP contribution in [0.2, 0.25) is 0 Å². The second kappa shape index (κ2) is 6.11. The van der Waals surface area contributed by atoms with Crippen LogP contribution in [0.3, 0.4) is 0 Å². The molecule has 0 saturated carbocycles. The van der Waals surface area contributed by atoms with Gasteiger partial charge in [0.25, 0.3) is 5.91 Å². The van der Waals surface area contributed by atoms with Crippen LogP contribution >= 0.6 is 0 Å². The molecule has 1 atom stereocenters. The molecule has 1 aromatic heterocycles. The number of imide groups is 1. The molecule has 0 radical (unpaired) electrons. The van der Waals surface area contributed by atoms with Gasteiger partial charge in [-0.25, -0.2) is 4.79 Å². The number of nitrogens with one attached hydrogen (secondary N) is 2. The van der Waals surface area contributed by atoms with Gasteiger partial charge < -0.3 is 15.4 Å². The standard InChI is InChI=1S/C18H19N5O4/c1-11-9-14(22(2)21-11)19-15(24)10-23-16(25)18(20-17(23)26)7-8-27-13-6-4-3-5-12(13)18/h3-6,9H,7-8,10H2,1-2H3,(H,19,24)(H,20,26). The molecule has 1 saturated heterocycles. The molecule has 27 heavy (non-hydrogen) atoms. The molecule has 3 heterocycles. The number of hydrogen-bond donors (Lipinski definition) is 2. The molecular formula is C18H19N5O4. The number of benzene rings is 1. The molecule has 2 aromatic rings. The molecule has 9 heteroatoms. The van der Waals surface area contributed by atoms with Crippen molar-refractivity contribution < 1.29 is 19.1 Å². The minimum Gasteiger partial charge on any atom is -0.493 e. The van der Waals surface area contributed by atoms with Crippen LogP contribution in [0.25, 0.3) is 0 Å². The topological polar surface area (TPSA) is 106 Å². The van der Waals surface area contributed by atoms with Crippen molar-refractivity contribution >= 4 is 23.7 Å². The molecule has 140 valence electrons. The number of aromatic nitrogens is 2. The Balaban J connectivity index is 1.56. The first-order valence-electron chi connectivity index (χ1n) is 8.57. The van der Waals surface area contributed by atoms with E-state index < -0.39 is 23.4 Å². The molecule has 4 rings (SSSR count). The summed E-state index contributed by atoms with van der Waals surface area (Å²) in [6.07, 6.45) is 0.313. The third-order valence-electron chi connectivity index (χ3n) is 4.83. The van der Waals surface area contributed by atoms with Crippen LogP contribution in [0.5, 0.6) is 5.75 Å². The number of aryl methyl sites for hydroxylation is 2. The van der Waals surface area contributed by atoms with E-state index in [1.54, 1.807) is 44.3 Å². The Hall–Kier alpha value is -3.36. The number of urea groups is 1. The molecule has 0 aliphatic carbocycles. The van der Waals surface area contributed by atoms with Gasteiger partial charge in [-0.1, -0.05) is 18.2 Å². The largest absolute Gasteiger partial charge is 0.493 e. The smallest absolute Gasteiger partial charge is 0.325 e. The van der Waals surface area contributed by atoms with Crippen LogP contribution in [0.15, 0.2) is 30.3 Å². The number of carbonyl (C=O) groups excluding carboxylic acids is 3. The number of hydrogen-bond acceptors (Lipinski definition) is 5. The molecular weight excluding hydrogens is 350 g/mol. The van der Waals surface area contributed by atoms with E-state index in [0.29, 0.717) is 30.2 Å². The summed E-state index contributed by atoms with van der Waals surface area (Å²) >= 11 is 0. The number of anilines is 1. The first kappa shape index (κ1) is 17.1. The van der Waals surface area contributed by atoms with Gasteiger partial charge in [-0.2, -0.15) is 5.10 Å². The van der Waals surface area contributed by atoms with Crippen molar-refractivity contribution in [1.29, 1.82) is 0 Å². The summed E-state index contributed by atoms with van der Waals surface area (Å²) in [7, 11) is 1.70. The number of rotatable bonds is 3. The van der Waals surface area contributed by atoms with Crippen molar-refractivity contribution in [2.24, 2.45) is 7.05 Å². The molecule has 2 aliphatic rings. The maximum absolute atomic E-state index is 13.1. The van der Waals surface area contributed by atoms with Crippen LogP contribution in [-0.2, 0) is 22.2 Å². The predicted octanol–water partition coefficient (Wildman–Crippen LogP) is 0.897. The SMILES string of the molecule is Cc1cc(NC(=O)CN2C(=O)NC3(CCOc4ccccc43)C2=O)n(C)n1. The van der Waals surface area contributed by atoms with E-state index in [-0.39, 0.29) is 6.54 Å². The van der Waals surface area contributed by atoms with Gasteiger partial charge in [0.1, 0.15) is 18.1 Å². The van der Waals surface area contributed by atoms with Crippen molar-refractivity contribution in [3.63, 3.8) is 0 Å². The zero-order valence-corrected chi connectivity index (χ0v) is 15.0. The van der Waals surface area contributed by atoms with E-state index in [4.69, 9.17) is 4.74 Å². The summed E-state index contributed by atoms with van der Waals surface area (Å²) in [5.74, 6) is 0.142. The zero-order chi connectivity index (χ0) is 19.2. The highest BCUT2D eigenvalue weighted by molar-refractivity contribution is 6.10. The summed E-state index contributed by atoms with van der Waals surface area (Å²) in [6, 6.07) is 8.23. The average molecular weight is 369 g/mol. The number of nitrogens with zero attached hydrogens (tertiary/aromatic N) is 3. The van der Waals surface area contributed by atoms with Gasteiger partial charge in [0.15, 0.2) is 5.54 Å². The molecule has 2 N–H and O–H groups in total. The molecule has 0 bridgehead atoms. The van der Waals surface area contributed by atoms with Crippen LogP contribution < -0.4 is 15.4 Å². The average Bonchev–Trinajstić information content (AvgIpc) is 3.06. The second-order valence-corrected chi connectivity index (χ2v) is 6.66. The maximum Gasteiger partial charge on any atom is 0.325 e. The molecule has 2 aliphatic heterocycles. The van der Waals surface area contributed by atoms with Crippen LogP contribution in [0.1, 0.15) is 17.7 Å². The van der Waals surface area contributed by atoms with E-state index >= 15 is 0 Å². The molecule has 4 amide bonds.